The molecule has 5 nitrogen and oxygen atoms in total. The predicted octanol–water partition coefficient (Wildman–Crippen LogP) is 1.41. The van der Waals surface area contributed by atoms with Gasteiger partial charge in [0.1, 0.15) is 5.82 Å². The summed E-state index contributed by atoms with van der Waals surface area (Å²) in [5.74, 6) is 0.275. The summed E-state index contributed by atoms with van der Waals surface area (Å²) in [5, 5.41) is 4.16. The number of imide groups is 1. The van der Waals surface area contributed by atoms with E-state index in [1.54, 1.807) is 17.8 Å². The number of anilines is 1. The van der Waals surface area contributed by atoms with E-state index in [0.29, 0.717) is 18.7 Å². The largest absolute Gasteiger partial charge is 0.274 e. The van der Waals surface area contributed by atoms with E-state index >= 15 is 0 Å². The lowest BCUT2D eigenvalue weighted by Crippen LogP contribution is -2.47. The third kappa shape index (κ3) is 2.09. The van der Waals surface area contributed by atoms with E-state index < -0.39 is 0 Å². The van der Waals surface area contributed by atoms with Crippen molar-refractivity contribution in [2.24, 2.45) is 12.5 Å². The first-order chi connectivity index (χ1) is 7.80. The van der Waals surface area contributed by atoms with Crippen LogP contribution in [0, 0.1) is 12.3 Å². The van der Waals surface area contributed by atoms with Crippen molar-refractivity contribution in [1.82, 2.24) is 9.78 Å². The third-order valence-corrected chi connectivity index (χ3v) is 2.96. The normalized spacial score (nSPS) is 19.9. The number of amides is 2. The Kier molecular flexibility index (Phi) is 2.56. The number of piperidine rings is 1. The zero-order chi connectivity index (χ0) is 12.8. The van der Waals surface area contributed by atoms with Gasteiger partial charge in [0.2, 0.25) is 11.8 Å². The number of hydrogen-bond acceptors (Lipinski definition) is 3. The highest BCUT2D eigenvalue weighted by atomic mass is 16.2. The first kappa shape index (κ1) is 11.8. The van der Waals surface area contributed by atoms with Gasteiger partial charge in [0.15, 0.2) is 0 Å². The minimum atomic E-state index is -0.238. The fourth-order valence-electron chi connectivity index (χ4n) is 2.24. The van der Waals surface area contributed by atoms with Crippen LogP contribution in [0.2, 0.25) is 0 Å². The van der Waals surface area contributed by atoms with E-state index in [-0.39, 0.29) is 17.2 Å². The summed E-state index contributed by atoms with van der Waals surface area (Å²) < 4.78 is 1.57. The second-order valence-corrected chi connectivity index (χ2v) is 5.41. The lowest BCUT2D eigenvalue weighted by Gasteiger charge is -2.34. The number of hydrogen-bond donors (Lipinski definition) is 0. The summed E-state index contributed by atoms with van der Waals surface area (Å²) >= 11 is 0. The van der Waals surface area contributed by atoms with Gasteiger partial charge in [-0.15, -0.1) is 0 Å². The molecule has 2 heterocycles. The van der Waals surface area contributed by atoms with Crippen LogP contribution in [0.1, 0.15) is 32.4 Å². The molecule has 0 saturated carbocycles. The van der Waals surface area contributed by atoms with Crippen LogP contribution in [-0.4, -0.2) is 21.6 Å². The van der Waals surface area contributed by atoms with Crippen LogP contribution in [0.15, 0.2) is 6.07 Å². The quantitative estimate of drug-likeness (QED) is 0.691. The third-order valence-electron chi connectivity index (χ3n) is 2.96. The maximum atomic E-state index is 12.0. The Morgan fingerprint density at radius 3 is 2.18 bits per heavy atom. The van der Waals surface area contributed by atoms with Crippen molar-refractivity contribution in [1.29, 1.82) is 0 Å². The van der Waals surface area contributed by atoms with E-state index in [0.717, 1.165) is 5.69 Å². The molecule has 1 saturated heterocycles. The molecule has 1 fully saturated rings. The summed E-state index contributed by atoms with van der Waals surface area (Å²) in [7, 11) is 1.74. The number of aromatic nitrogens is 2. The molecular weight excluding hydrogens is 218 g/mol. The van der Waals surface area contributed by atoms with Crippen molar-refractivity contribution in [2.75, 3.05) is 4.90 Å². The second-order valence-electron chi connectivity index (χ2n) is 5.41. The first-order valence-corrected chi connectivity index (χ1v) is 5.67. The van der Waals surface area contributed by atoms with Crippen molar-refractivity contribution < 1.29 is 9.59 Å². The molecule has 17 heavy (non-hydrogen) atoms. The van der Waals surface area contributed by atoms with Gasteiger partial charge in [-0.25, -0.2) is 4.90 Å². The summed E-state index contributed by atoms with van der Waals surface area (Å²) in [6.45, 7) is 5.72. The van der Waals surface area contributed by atoms with E-state index in [4.69, 9.17) is 0 Å². The van der Waals surface area contributed by atoms with Crippen molar-refractivity contribution in [2.45, 2.75) is 33.6 Å². The molecule has 0 aromatic carbocycles. The van der Waals surface area contributed by atoms with Crippen molar-refractivity contribution in [3.63, 3.8) is 0 Å². The van der Waals surface area contributed by atoms with Gasteiger partial charge in [-0.2, -0.15) is 5.10 Å². The summed E-state index contributed by atoms with van der Waals surface area (Å²) in [5.41, 5.74) is 0.561. The Hall–Kier alpha value is -1.65. The van der Waals surface area contributed by atoms with Crippen LogP contribution in [0.25, 0.3) is 0 Å². The highest BCUT2D eigenvalue weighted by Crippen LogP contribution is 2.33. The van der Waals surface area contributed by atoms with Crippen LogP contribution >= 0.6 is 0 Å². The summed E-state index contributed by atoms with van der Waals surface area (Å²) in [6.07, 6.45) is 0.784. The topological polar surface area (TPSA) is 55.2 Å². The minimum Gasteiger partial charge on any atom is -0.274 e. The molecule has 0 atom stereocenters. The van der Waals surface area contributed by atoms with Crippen LogP contribution in [-0.2, 0) is 16.6 Å². The van der Waals surface area contributed by atoms with E-state index in [2.05, 4.69) is 5.10 Å². The molecule has 2 amide bonds. The molecule has 0 N–H and O–H groups in total. The average molecular weight is 235 g/mol. The summed E-state index contributed by atoms with van der Waals surface area (Å²) in [6, 6.07) is 1.76. The van der Waals surface area contributed by atoms with Crippen molar-refractivity contribution in [3.05, 3.63) is 11.8 Å². The number of carbonyl (C=O) groups excluding carboxylic acids is 2. The molecule has 1 aliphatic heterocycles. The van der Waals surface area contributed by atoms with Crippen molar-refractivity contribution in [3.8, 4) is 0 Å². The average Bonchev–Trinajstić information content (AvgIpc) is 2.41. The van der Waals surface area contributed by atoms with E-state index in [1.165, 1.54) is 4.90 Å². The van der Waals surface area contributed by atoms with Gasteiger partial charge in [-0.05, 0) is 12.3 Å². The monoisotopic (exact) mass is 235 g/mol. The Labute approximate surface area is 100 Å². The molecular formula is C12H17N3O2. The van der Waals surface area contributed by atoms with Crippen LogP contribution in [0.5, 0.6) is 0 Å². The van der Waals surface area contributed by atoms with Gasteiger partial charge in [-0.1, -0.05) is 13.8 Å². The maximum Gasteiger partial charge on any atom is 0.235 e. The van der Waals surface area contributed by atoms with Gasteiger partial charge in [-0.3, -0.25) is 14.3 Å². The van der Waals surface area contributed by atoms with Gasteiger partial charge < -0.3 is 0 Å². The molecule has 0 bridgehead atoms. The molecule has 2 rings (SSSR count). The number of nitrogens with zero attached hydrogens (tertiary/aromatic N) is 3. The molecule has 1 aromatic rings. The lowest BCUT2D eigenvalue weighted by molar-refractivity contribution is -0.132. The molecule has 5 heteroatoms. The molecule has 0 spiro atoms. The molecule has 1 aliphatic rings. The Balaban J connectivity index is 2.37. The Morgan fingerprint density at radius 2 is 1.76 bits per heavy atom. The van der Waals surface area contributed by atoms with E-state index in [1.807, 2.05) is 20.8 Å². The molecule has 92 valence electrons. The zero-order valence-corrected chi connectivity index (χ0v) is 10.6. The first-order valence-electron chi connectivity index (χ1n) is 5.67. The number of rotatable bonds is 1. The SMILES string of the molecule is Cc1cc(N2C(=O)CC(C)(C)CC2=O)n(C)n1. The lowest BCUT2D eigenvalue weighted by atomic mass is 9.82. The van der Waals surface area contributed by atoms with Gasteiger partial charge in [0.05, 0.1) is 5.69 Å². The second kappa shape index (κ2) is 3.68. The fourth-order valence-corrected chi connectivity index (χ4v) is 2.24. The van der Waals surface area contributed by atoms with Crippen LogP contribution in [0.3, 0.4) is 0 Å². The van der Waals surface area contributed by atoms with Crippen LogP contribution in [0.4, 0.5) is 5.82 Å². The van der Waals surface area contributed by atoms with Gasteiger partial charge >= 0.3 is 0 Å². The van der Waals surface area contributed by atoms with Crippen molar-refractivity contribution >= 4 is 17.6 Å². The maximum absolute atomic E-state index is 12.0. The highest BCUT2D eigenvalue weighted by molar-refractivity contribution is 6.16. The fraction of sp³-hybridized carbons (Fsp3) is 0.583. The van der Waals surface area contributed by atoms with Crippen LogP contribution < -0.4 is 4.90 Å². The van der Waals surface area contributed by atoms with Gasteiger partial charge in [0, 0.05) is 26.0 Å². The number of carbonyl (C=O) groups is 2. The Morgan fingerprint density at radius 1 is 1.24 bits per heavy atom. The highest BCUT2D eigenvalue weighted by Gasteiger charge is 2.39. The Bertz CT molecular complexity index is 468. The molecule has 0 radical (unpaired) electrons. The zero-order valence-electron chi connectivity index (χ0n) is 10.6. The smallest absolute Gasteiger partial charge is 0.235 e. The van der Waals surface area contributed by atoms with Gasteiger partial charge in [0.25, 0.3) is 0 Å². The predicted molar refractivity (Wildman–Crippen MR) is 63.5 cm³/mol. The number of aryl methyl sites for hydroxylation is 2. The standard InChI is InChI=1S/C12H17N3O2/c1-8-5-9(14(4)13-8)15-10(16)6-12(2,3)7-11(15)17/h5H,6-7H2,1-4H3. The minimum absolute atomic E-state index is 0.144. The van der Waals surface area contributed by atoms with E-state index in [9.17, 15) is 9.59 Å². The molecule has 0 unspecified atom stereocenters. The molecule has 1 aromatic heterocycles. The summed E-state index contributed by atoms with van der Waals surface area (Å²) in [4.78, 5) is 25.3. The molecule has 0 aliphatic carbocycles.